The highest BCUT2D eigenvalue weighted by Crippen LogP contribution is 2.33. The standard InChI is InChI=1S/C11H13Cl2NOS/c1-2-15-11-7(3-4-10(14)16)5-8(12)6-9(11)13/h5-6H,2-4H2,1H3,(H2,14,16). The van der Waals surface area contributed by atoms with Gasteiger partial charge in [-0.2, -0.15) is 0 Å². The molecule has 0 aliphatic heterocycles. The number of rotatable bonds is 5. The third-order valence-electron chi connectivity index (χ3n) is 2.01. The topological polar surface area (TPSA) is 35.2 Å². The molecule has 0 amide bonds. The summed E-state index contributed by atoms with van der Waals surface area (Å²) < 4.78 is 5.48. The zero-order valence-corrected chi connectivity index (χ0v) is 11.3. The molecule has 0 bridgehead atoms. The van der Waals surface area contributed by atoms with Gasteiger partial charge in [0.15, 0.2) is 0 Å². The van der Waals surface area contributed by atoms with Crippen molar-refractivity contribution >= 4 is 40.4 Å². The number of benzene rings is 1. The Hall–Kier alpha value is -0.510. The molecule has 1 aromatic rings. The lowest BCUT2D eigenvalue weighted by atomic mass is 10.1. The summed E-state index contributed by atoms with van der Waals surface area (Å²) in [5.74, 6) is 0.671. The average molecular weight is 278 g/mol. The van der Waals surface area contributed by atoms with Gasteiger partial charge in [0, 0.05) is 11.4 Å². The fourth-order valence-corrected chi connectivity index (χ4v) is 2.06. The average Bonchev–Trinajstić information content (AvgIpc) is 2.19. The SMILES string of the molecule is CCOc1c(Cl)cc(Cl)cc1CCC(N)=S. The lowest BCUT2D eigenvalue weighted by Crippen LogP contribution is -2.09. The van der Waals surface area contributed by atoms with E-state index in [2.05, 4.69) is 0 Å². The van der Waals surface area contributed by atoms with Crippen LogP contribution in [0.4, 0.5) is 0 Å². The second-order valence-electron chi connectivity index (χ2n) is 3.28. The first-order valence-corrected chi connectivity index (χ1v) is 6.10. The minimum Gasteiger partial charge on any atom is -0.492 e. The molecule has 0 radical (unpaired) electrons. The Kier molecular flexibility index (Phi) is 5.32. The van der Waals surface area contributed by atoms with Crippen LogP contribution in [0.2, 0.25) is 10.0 Å². The Balaban J connectivity index is 2.98. The highest BCUT2D eigenvalue weighted by Gasteiger charge is 2.10. The molecule has 88 valence electrons. The van der Waals surface area contributed by atoms with E-state index in [1.807, 2.05) is 13.0 Å². The van der Waals surface area contributed by atoms with Crippen molar-refractivity contribution in [2.75, 3.05) is 6.61 Å². The molecule has 1 rings (SSSR count). The van der Waals surface area contributed by atoms with Crippen molar-refractivity contribution in [3.8, 4) is 5.75 Å². The number of thiocarbonyl (C=S) groups is 1. The molecule has 0 aromatic heterocycles. The molecule has 0 spiro atoms. The number of nitrogens with two attached hydrogens (primary N) is 1. The summed E-state index contributed by atoms with van der Waals surface area (Å²) in [5, 5.41) is 1.11. The zero-order valence-electron chi connectivity index (χ0n) is 8.93. The van der Waals surface area contributed by atoms with Crippen LogP contribution in [0.5, 0.6) is 5.75 Å². The maximum Gasteiger partial charge on any atom is 0.141 e. The molecule has 1 aromatic carbocycles. The molecule has 0 unspecified atom stereocenters. The van der Waals surface area contributed by atoms with E-state index in [1.165, 1.54) is 0 Å². The molecule has 0 saturated heterocycles. The molecular formula is C11H13Cl2NOS. The minimum atomic E-state index is 0.471. The smallest absolute Gasteiger partial charge is 0.141 e. The molecule has 0 atom stereocenters. The van der Waals surface area contributed by atoms with Crippen molar-refractivity contribution in [2.45, 2.75) is 19.8 Å². The summed E-state index contributed by atoms with van der Waals surface area (Å²) in [7, 11) is 0. The first kappa shape index (κ1) is 13.6. The van der Waals surface area contributed by atoms with Crippen molar-refractivity contribution in [1.29, 1.82) is 0 Å². The van der Waals surface area contributed by atoms with E-state index >= 15 is 0 Å². The lowest BCUT2D eigenvalue weighted by Gasteiger charge is -2.12. The largest absolute Gasteiger partial charge is 0.492 e. The normalized spacial score (nSPS) is 10.2. The molecular weight excluding hydrogens is 265 g/mol. The van der Waals surface area contributed by atoms with Gasteiger partial charge in [0.25, 0.3) is 0 Å². The van der Waals surface area contributed by atoms with E-state index in [0.717, 1.165) is 5.56 Å². The summed E-state index contributed by atoms with van der Waals surface area (Å²) in [6, 6.07) is 3.50. The summed E-state index contributed by atoms with van der Waals surface area (Å²) in [5.41, 5.74) is 6.40. The van der Waals surface area contributed by atoms with Crippen molar-refractivity contribution < 1.29 is 4.74 Å². The molecule has 2 N–H and O–H groups in total. The van der Waals surface area contributed by atoms with E-state index < -0.39 is 0 Å². The molecule has 0 aliphatic rings. The van der Waals surface area contributed by atoms with Gasteiger partial charge in [-0.15, -0.1) is 0 Å². The van der Waals surface area contributed by atoms with Crippen molar-refractivity contribution in [2.24, 2.45) is 5.73 Å². The fraction of sp³-hybridized carbons (Fsp3) is 0.364. The van der Waals surface area contributed by atoms with E-state index in [-0.39, 0.29) is 0 Å². The van der Waals surface area contributed by atoms with Crippen LogP contribution in [0, 0.1) is 0 Å². The minimum absolute atomic E-state index is 0.471. The molecule has 2 nitrogen and oxygen atoms in total. The highest BCUT2D eigenvalue weighted by molar-refractivity contribution is 7.80. The molecule has 0 heterocycles. The third kappa shape index (κ3) is 3.81. The molecule has 5 heteroatoms. The maximum absolute atomic E-state index is 6.06. The van der Waals surface area contributed by atoms with Crippen LogP contribution in [-0.2, 0) is 6.42 Å². The quantitative estimate of drug-likeness (QED) is 0.836. The van der Waals surface area contributed by atoms with Crippen LogP contribution >= 0.6 is 35.4 Å². The Morgan fingerprint density at radius 1 is 1.44 bits per heavy atom. The number of hydrogen-bond acceptors (Lipinski definition) is 2. The van der Waals surface area contributed by atoms with Crippen LogP contribution < -0.4 is 10.5 Å². The lowest BCUT2D eigenvalue weighted by molar-refractivity contribution is 0.337. The van der Waals surface area contributed by atoms with Gasteiger partial charge in [-0.3, -0.25) is 0 Å². The maximum atomic E-state index is 6.06. The van der Waals surface area contributed by atoms with Gasteiger partial charge in [0.1, 0.15) is 5.75 Å². The van der Waals surface area contributed by atoms with Crippen molar-refractivity contribution in [1.82, 2.24) is 0 Å². The van der Waals surface area contributed by atoms with Crippen LogP contribution in [0.25, 0.3) is 0 Å². The number of hydrogen-bond donors (Lipinski definition) is 1. The van der Waals surface area contributed by atoms with Gasteiger partial charge < -0.3 is 10.5 Å². The van der Waals surface area contributed by atoms with Gasteiger partial charge in [0.05, 0.1) is 16.6 Å². The summed E-state index contributed by atoms with van der Waals surface area (Å²) in [6.45, 7) is 2.46. The van der Waals surface area contributed by atoms with Gasteiger partial charge in [-0.1, -0.05) is 35.4 Å². The second-order valence-corrected chi connectivity index (χ2v) is 4.64. The Morgan fingerprint density at radius 2 is 2.12 bits per heavy atom. The number of ether oxygens (including phenoxy) is 1. The monoisotopic (exact) mass is 277 g/mol. The van der Waals surface area contributed by atoms with Gasteiger partial charge in [-0.25, -0.2) is 0 Å². The van der Waals surface area contributed by atoms with Crippen LogP contribution in [-0.4, -0.2) is 11.6 Å². The van der Waals surface area contributed by atoms with Crippen LogP contribution in [0.1, 0.15) is 18.9 Å². The molecule has 0 fully saturated rings. The van der Waals surface area contributed by atoms with E-state index in [9.17, 15) is 0 Å². The first-order chi connectivity index (χ1) is 7.54. The summed E-state index contributed by atoms with van der Waals surface area (Å²) >= 11 is 16.8. The van der Waals surface area contributed by atoms with Gasteiger partial charge >= 0.3 is 0 Å². The third-order valence-corrected chi connectivity index (χ3v) is 2.72. The number of halogens is 2. The van der Waals surface area contributed by atoms with E-state index in [1.54, 1.807) is 6.07 Å². The molecule has 0 aliphatic carbocycles. The van der Waals surface area contributed by atoms with Crippen LogP contribution in [0.15, 0.2) is 12.1 Å². The summed E-state index contributed by atoms with van der Waals surface area (Å²) in [4.78, 5) is 0.471. The Labute approximate surface area is 111 Å². The Bertz CT molecular complexity index is 396. The van der Waals surface area contributed by atoms with Crippen LogP contribution in [0.3, 0.4) is 0 Å². The van der Waals surface area contributed by atoms with Crippen molar-refractivity contribution in [3.05, 3.63) is 27.7 Å². The molecule has 0 saturated carbocycles. The second kappa shape index (κ2) is 6.28. The highest BCUT2D eigenvalue weighted by atomic mass is 35.5. The Morgan fingerprint density at radius 3 is 2.69 bits per heavy atom. The zero-order chi connectivity index (χ0) is 12.1. The first-order valence-electron chi connectivity index (χ1n) is 4.93. The predicted molar refractivity (Wildman–Crippen MR) is 72.7 cm³/mol. The fourth-order valence-electron chi connectivity index (χ4n) is 1.36. The molecule has 16 heavy (non-hydrogen) atoms. The van der Waals surface area contributed by atoms with E-state index in [0.29, 0.717) is 40.2 Å². The number of aryl methyl sites for hydroxylation is 1. The van der Waals surface area contributed by atoms with Gasteiger partial charge in [0.2, 0.25) is 0 Å². The van der Waals surface area contributed by atoms with E-state index in [4.69, 9.17) is 45.9 Å². The predicted octanol–water partition coefficient (Wildman–Crippen LogP) is 3.61. The van der Waals surface area contributed by atoms with Crippen molar-refractivity contribution in [3.63, 3.8) is 0 Å². The summed E-state index contributed by atoms with van der Waals surface area (Å²) in [6.07, 6.45) is 1.30. The van der Waals surface area contributed by atoms with Gasteiger partial charge in [-0.05, 0) is 31.0 Å².